The quantitative estimate of drug-likeness (QED) is 0.346. The van der Waals surface area contributed by atoms with Crippen LogP contribution in [0.5, 0.6) is 0 Å². The van der Waals surface area contributed by atoms with E-state index >= 15 is 0 Å². The van der Waals surface area contributed by atoms with E-state index in [-0.39, 0.29) is 12.1 Å². The van der Waals surface area contributed by atoms with Crippen molar-refractivity contribution in [3.05, 3.63) is 11.8 Å². The van der Waals surface area contributed by atoms with Crippen molar-refractivity contribution in [3.63, 3.8) is 0 Å². The Morgan fingerprint density at radius 3 is 3.33 bits per heavy atom. The summed E-state index contributed by atoms with van der Waals surface area (Å²) in [5.41, 5.74) is 14.9. The molecule has 0 saturated carbocycles. The molecule has 6 heteroatoms. The molecule has 12 heavy (non-hydrogen) atoms. The molecule has 1 fully saturated rings. The Labute approximate surface area is 69.7 Å². The van der Waals surface area contributed by atoms with E-state index in [4.69, 9.17) is 5.73 Å². The molecule has 6 nitrogen and oxygen atoms in total. The summed E-state index contributed by atoms with van der Waals surface area (Å²) in [6.07, 6.45) is 1.94. The first kappa shape index (κ1) is 7.38. The number of amides is 2. The minimum atomic E-state index is -0.376. The number of fused-ring (bicyclic) bond motifs is 1. The summed E-state index contributed by atoms with van der Waals surface area (Å²) in [7, 11) is 0. The van der Waals surface area contributed by atoms with Gasteiger partial charge in [0.1, 0.15) is 0 Å². The molecule has 0 aromatic rings. The SMILES string of the molecule is NC(=O)N1CC=C2NNNC2C1. The van der Waals surface area contributed by atoms with Gasteiger partial charge in [-0.2, -0.15) is 5.53 Å². The highest BCUT2D eigenvalue weighted by atomic mass is 16.2. The van der Waals surface area contributed by atoms with Crippen molar-refractivity contribution in [2.24, 2.45) is 5.73 Å². The molecule has 1 unspecified atom stereocenters. The molecule has 1 saturated heterocycles. The van der Waals surface area contributed by atoms with Crippen molar-refractivity contribution < 1.29 is 4.79 Å². The number of rotatable bonds is 0. The molecular formula is C6H11N5O. The summed E-state index contributed by atoms with van der Waals surface area (Å²) in [6.45, 7) is 1.19. The molecule has 0 aromatic heterocycles. The van der Waals surface area contributed by atoms with Gasteiger partial charge in [0.25, 0.3) is 0 Å². The number of carbonyl (C=O) groups excluding carboxylic acids is 1. The standard InChI is InChI=1S/C6H11N5O/c7-6(12)11-2-1-4-5(3-11)9-10-8-4/h1,5,8-10H,2-3H2,(H2,7,12). The number of hydrazine groups is 2. The molecule has 0 aliphatic carbocycles. The van der Waals surface area contributed by atoms with E-state index in [1.165, 1.54) is 0 Å². The zero-order valence-electron chi connectivity index (χ0n) is 6.50. The van der Waals surface area contributed by atoms with Crippen LogP contribution in [0.2, 0.25) is 0 Å². The number of primary amides is 1. The highest BCUT2D eigenvalue weighted by molar-refractivity contribution is 5.72. The summed E-state index contributed by atoms with van der Waals surface area (Å²) < 4.78 is 0. The summed E-state index contributed by atoms with van der Waals surface area (Å²) in [5.74, 6) is 0. The molecule has 1 atom stereocenters. The van der Waals surface area contributed by atoms with Gasteiger partial charge in [0.15, 0.2) is 0 Å². The zero-order valence-corrected chi connectivity index (χ0v) is 6.50. The fourth-order valence-electron chi connectivity index (χ4n) is 1.38. The van der Waals surface area contributed by atoms with Crippen molar-refractivity contribution >= 4 is 6.03 Å². The number of hydrogen-bond acceptors (Lipinski definition) is 4. The van der Waals surface area contributed by atoms with Crippen molar-refractivity contribution in [1.82, 2.24) is 21.3 Å². The first-order valence-electron chi connectivity index (χ1n) is 3.78. The zero-order chi connectivity index (χ0) is 8.55. The summed E-state index contributed by atoms with van der Waals surface area (Å²) in [5, 5.41) is 0. The van der Waals surface area contributed by atoms with Crippen LogP contribution in [-0.4, -0.2) is 30.1 Å². The predicted octanol–water partition coefficient (Wildman–Crippen LogP) is -1.75. The average Bonchev–Trinajstić information content (AvgIpc) is 2.49. The lowest BCUT2D eigenvalue weighted by Gasteiger charge is -2.26. The van der Waals surface area contributed by atoms with Gasteiger partial charge in [-0.1, -0.05) is 0 Å². The van der Waals surface area contributed by atoms with Crippen LogP contribution in [0.3, 0.4) is 0 Å². The number of hydrogen-bond donors (Lipinski definition) is 4. The summed E-state index contributed by atoms with van der Waals surface area (Å²) in [6, 6.07) is -0.231. The normalized spacial score (nSPS) is 27.5. The Morgan fingerprint density at radius 1 is 1.75 bits per heavy atom. The molecule has 2 amide bonds. The van der Waals surface area contributed by atoms with Gasteiger partial charge in [-0.3, -0.25) is 0 Å². The average molecular weight is 169 g/mol. The van der Waals surface area contributed by atoms with Gasteiger partial charge in [-0.05, 0) is 6.08 Å². The lowest BCUT2D eigenvalue weighted by atomic mass is 10.1. The third-order valence-corrected chi connectivity index (χ3v) is 2.07. The second kappa shape index (κ2) is 2.65. The number of nitrogens with two attached hydrogens (primary N) is 1. The Hall–Kier alpha value is -1.27. The Kier molecular flexibility index (Phi) is 1.63. The molecular weight excluding hydrogens is 158 g/mol. The molecule has 2 heterocycles. The van der Waals surface area contributed by atoms with Crippen LogP contribution in [0.15, 0.2) is 11.8 Å². The van der Waals surface area contributed by atoms with Crippen LogP contribution < -0.4 is 22.1 Å². The number of urea groups is 1. The van der Waals surface area contributed by atoms with Crippen LogP contribution in [0.1, 0.15) is 0 Å². The van der Waals surface area contributed by atoms with Gasteiger partial charge in [0.05, 0.1) is 6.04 Å². The maximum Gasteiger partial charge on any atom is 0.315 e. The van der Waals surface area contributed by atoms with Crippen molar-refractivity contribution in [1.29, 1.82) is 0 Å². The molecule has 0 bridgehead atoms. The Morgan fingerprint density at radius 2 is 2.58 bits per heavy atom. The molecule has 5 N–H and O–H groups in total. The van der Waals surface area contributed by atoms with Crippen LogP contribution in [0.4, 0.5) is 4.79 Å². The maximum absolute atomic E-state index is 10.8. The van der Waals surface area contributed by atoms with E-state index in [1.54, 1.807) is 4.90 Å². The smallest absolute Gasteiger partial charge is 0.315 e. The predicted molar refractivity (Wildman–Crippen MR) is 42.4 cm³/mol. The third-order valence-electron chi connectivity index (χ3n) is 2.07. The molecule has 0 aromatic carbocycles. The van der Waals surface area contributed by atoms with Gasteiger partial charge >= 0.3 is 6.03 Å². The van der Waals surface area contributed by atoms with Crippen LogP contribution in [-0.2, 0) is 0 Å². The Balaban J connectivity index is 2.08. The van der Waals surface area contributed by atoms with Crippen molar-refractivity contribution in [2.45, 2.75) is 6.04 Å². The second-order valence-corrected chi connectivity index (χ2v) is 2.85. The van der Waals surface area contributed by atoms with E-state index in [9.17, 15) is 4.79 Å². The van der Waals surface area contributed by atoms with Gasteiger partial charge in [-0.25, -0.2) is 10.2 Å². The van der Waals surface area contributed by atoms with E-state index in [0.717, 1.165) is 5.70 Å². The second-order valence-electron chi connectivity index (χ2n) is 2.85. The highest BCUT2D eigenvalue weighted by Gasteiger charge is 2.27. The minimum Gasteiger partial charge on any atom is -0.351 e. The lowest BCUT2D eigenvalue weighted by Crippen LogP contribution is -2.47. The van der Waals surface area contributed by atoms with E-state index in [2.05, 4.69) is 16.4 Å². The highest BCUT2D eigenvalue weighted by Crippen LogP contribution is 2.10. The first-order valence-corrected chi connectivity index (χ1v) is 3.78. The van der Waals surface area contributed by atoms with Crippen LogP contribution >= 0.6 is 0 Å². The minimum absolute atomic E-state index is 0.145. The van der Waals surface area contributed by atoms with Crippen molar-refractivity contribution in [2.75, 3.05) is 13.1 Å². The van der Waals surface area contributed by atoms with E-state index < -0.39 is 0 Å². The molecule has 2 aliphatic rings. The maximum atomic E-state index is 10.8. The van der Waals surface area contributed by atoms with Crippen LogP contribution in [0, 0.1) is 0 Å². The third kappa shape index (κ3) is 1.10. The van der Waals surface area contributed by atoms with Gasteiger partial charge < -0.3 is 16.1 Å². The Bertz CT molecular complexity index is 238. The lowest BCUT2D eigenvalue weighted by molar-refractivity contribution is 0.207. The number of nitrogens with one attached hydrogen (secondary N) is 3. The summed E-state index contributed by atoms with van der Waals surface area (Å²) in [4.78, 5) is 12.4. The van der Waals surface area contributed by atoms with Crippen LogP contribution in [0.25, 0.3) is 0 Å². The van der Waals surface area contributed by atoms with Crippen molar-refractivity contribution in [3.8, 4) is 0 Å². The summed E-state index contributed by atoms with van der Waals surface area (Å²) >= 11 is 0. The van der Waals surface area contributed by atoms with E-state index in [1.807, 2.05) is 6.08 Å². The largest absolute Gasteiger partial charge is 0.351 e. The fourth-order valence-corrected chi connectivity index (χ4v) is 1.38. The van der Waals surface area contributed by atoms with Gasteiger partial charge in [0, 0.05) is 18.8 Å². The molecule has 66 valence electrons. The monoisotopic (exact) mass is 169 g/mol. The van der Waals surface area contributed by atoms with Gasteiger partial charge in [-0.15, -0.1) is 0 Å². The molecule has 0 spiro atoms. The van der Waals surface area contributed by atoms with E-state index in [0.29, 0.717) is 13.1 Å². The van der Waals surface area contributed by atoms with Gasteiger partial charge in [0.2, 0.25) is 0 Å². The number of nitrogens with zero attached hydrogens (tertiary/aromatic N) is 1. The topological polar surface area (TPSA) is 82.4 Å². The molecule has 2 aliphatic heterocycles. The number of carbonyl (C=O) groups is 1. The molecule has 0 radical (unpaired) electrons. The fraction of sp³-hybridized carbons (Fsp3) is 0.500. The first-order chi connectivity index (χ1) is 5.77. The molecule has 2 rings (SSSR count).